The molecule has 0 bridgehead atoms. The number of aliphatic hydroxyl groups is 1. The number of carbonyl (C=O) groups excluding carboxylic acids is 1. The fourth-order valence-electron chi connectivity index (χ4n) is 1.70. The molecule has 0 aromatic rings. The van der Waals surface area contributed by atoms with Gasteiger partial charge in [-0.15, -0.1) is 0 Å². The van der Waals surface area contributed by atoms with Crippen molar-refractivity contribution in [1.29, 1.82) is 0 Å². The molecule has 0 aromatic carbocycles. The number of rotatable bonds is 4. The van der Waals surface area contributed by atoms with Crippen LogP contribution in [0, 0.1) is 0 Å². The first kappa shape index (κ1) is 14.7. The number of aliphatic carboxylic acids is 1. The van der Waals surface area contributed by atoms with Gasteiger partial charge in [-0.25, -0.2) is 9.59 Å². The molecular formula is C11H21N3O4. The molecule has 3 N–H and O–H groups in total. The van der Waals surface area contributed by atoms with Crippen LogP contribution in [-0.2, 0) is 4.79 Å². The standard InChI is InChI=1S/C11H21N3O4/c1-3-13-4-6-14(7-5-13)10(17)12-8-11(2,18)9(15)16/h18H,3-8H2,1-2H3,(H,12,17)(H,15,16). The zero-order chi connectivity index (χ0) is 13.8. The van der Waals surface area contributed by atoms with Gasteiger partial charge in [-0.05, 0) is 13.5 Å². The molecule has 1 aliphatic heterocycles. The highest BCUT2D eigenvalue weighted by Crippen LogP contribution is 2.04. The van der Waals surface area contributed by atoms with E-state index in [1.165, 1.54) is 0 Å². The van der Waals surface area contributed by atoms with Crippen LogP contribution in [-0.4, -0.2) is 76.9 Å². The second-order valence-electron chi connectivity index (χ2n) is 4.66. The number of piperazine rings is 1. The fourth-order valence-corrected chi connectivity index (χ4v) is 1.70. The maximum absolute atomic E-state index is 11.8. The van der Waals surface area contributed by atoms with Crippen molar-refractivity contribution in [1.82, 2.24) is 15.1 Å². The average Bonchev–Trinajstić information content (AvgIpc) is 2.36. The number of carbonyl (C=O) groups is 2. The van der Waals surface area contributed by atoms with E-state index in [9.17, 15) is 14.7 Å². The van der Waals surface area contributed by atoms with Crippen LogP contribution < -0.4 is 5.32 Å². The lowest BCUT2D eigenvalue weighted by molar-refractivity contribution is -0.155. The summed E-state index contributed by atoms with van der Waals surface area (Å²) < 4.78 is 0. The summed E-state index contributed by atoms with van der Waals surface area (Å²) >= 11 is 0. The van der Waals surface area contributed by atoms with Gasteiger partial charge in [-0.2, -0.15) is 0 Å². The predicted molar refractivity (Wildman–Crippen MR) is 65.3 cm³/mol. The number of carboxylic acid groups (broad SMARTS) is 1. The summed E-state index contributed by atoms with van der Waals surface area (Å²) in [5.41, 5.74) is -1.93. The minimum Gasteiger partial charge on any atom is -0.479 e. The van der Waals surface area contributed by atoms with E-state index in [-0.39, 0.29) is 12.6 Å². The third-order valence-electron chi connectivity index (χ3n) is 3.15. The number of likely N-dealkylation sites (N-methyl/N-ethyl adjacent to an activating group) is 1. The minimum absolute atomic E-state index is 0.296. The van der Waals surface area contributed by atoms with Gasteiger partial charge in [0.2, 0.25) is 0 Å². The maximum Gasteiger partial charge on any atom is 0.337 e. The molecule has 7 nitrogen and oxygen atoms in total. The molecule has 1 rings (SSSR count). The molecule has 1 unspecified atom stereocenters. The minimum atomic E-state index is -1.93. The first-order valence-electron chi connectivity index (χ1n) is 6.07. The summed E-state index contributed by atoms with van der Waals surface area (Å²) in [4.78, 5) is 26.3. The van der Waals surface area contributed by atoms with Gasteiger partial charge in [0.05, 0.1) is 6.54 Å². The van der Waals surface area contributed by atoms with E-state index in [0.29, 0.717) is 13.1 Å². The van der Waals surface area contributed by atoms with E-state index in [1.54, 1.807) is 4.90 Å². The van der Waals surface area contributed by atoms with Crippen molar-refractivity contribution < 1.29 is 19.8 Å². The molecule has 2 amide bonds. The summed E-state index contributed by atoms with van der Waals surface area (Å²) in [5, 5.41) is 20.6. The zero-order valence-corrected chi connectivity index (χ0v) is 10.8. The van der Waals surface area contributed by atoms with Gasteiger partial charge in [0.1, 0.15) is 0 Å². The maximum atomic E-state index is 11.8. The second-order valence-corrected chi connectivity index (χ2v) is 4.66. The Kier molecular flexibility index (Phi) is 4.92. The van der Waals surface area contributed by atoms with Crippen molar-refractivity contribution in [2.75, 3.05) is 39.3 Å². The Morgan fingerprint density at radius 2 is 1.83 bits per heavy atom. The van der Waals surface area contributed by atoms with Crippen LogP contribution in [0.25, 0.3) is 0 Å². The van der Waals surface area contributed by atoms with Gasteiger partial charge in [0.25, 0.3) is 0 Å². The Balaban J connectivity index is 2.36. The average molecular weight is 259 g/mol. The van der Waals surface area contributed by atoms with Crippen LogP contribution in [0.4, 0.5) is 4.79 Å². The highest BCUT2D eigenvalue weighted by Gasteiger charge is 2.31. The van der Waals surface area contributed by atoms with E-state index in [0.717, 1.165) is 26.6 Å². The number of hydrogen-bond acceptors (Lipinski definition) is 4. The fraction of sp³-hybridized carbons (Fsp3) is 0.818. The third kappa shape index (κ3) is 3.85. The summed E-state index contributed by atoms with van der Waals surface area (Å²) in [5.74, 6) is -1.35. The quantitative estimate of drug-likeness (QED) is 0.612. The summed E-state index contributed by atoms with van der Waals surface area (Å²) in [7, 11) is 0. The van der Waals surface area contributed by atoms with Crippen molar-refractivity contribution in [3.63, 3.8) is 0 Å². The summed E-state index contributed by atoms with van der Waals surface area (Å²) in [6.45, 7) is 6.77. The molecule has 104 valence electrons. The number of nitrogens with one attached hydrogen (secondary N) is 1. The van der Waals surface area contributed by atoms with Gasteiger partial charge in [-0.3, -0.25) is 0 Å². The van der Waals surface area contributed by atoms with Gasteiger partial charge in [0, 0.05) is 26.2 Å². The number of carboxylic acids is 1. The van der Waals surface area contributed by atoms with Crippen molar-refractivity contribution >= 4 is 12.0 Å². The highest BCUT2D eigenvalue weighted by molar-refractivity contribution is 5.79. The lowest BCUT2D eigenvalue weighted by Gasteiger charge is -2.34. The van der Waals surface area contributed by atoms with Crippen molar-refractivity contribution in [3.8, 4) is 0 Å². The summed E-state index contributed by atoms with van der Waals surface area (Å²) in [6, 6.07) is -0.327. The second kappa shape index (κ2) is 6.01. The molecule has 0 spiro atoms. The molecule has 1 saturated heterocycles. The number of amides is 2. The Bertz CT molecular complexity index is 311. The Morgan fingerprint density at radius 1 is 1.28 bits per heavy atom. The molecular weight excluding hydrogens is 238 g/mol. The monoisotopic (exact) mass is 259 g/mol. The molecule has 0 aliphatic carbocycles. The number of hydrogen-bond donors (Lipinski definition) is 3. The van der Waals surface area contributed by atoms with E-state index in [4.69, 9.17) is 5.11 Å². The molecule has 0 saturated carbocycles. The van der Waals surface area contributed by atoms with Crippen LogP contribution in [0.2, 0.25) is 0 Å². The highest BCUT2D eigenvalue weighted by atomic mass is 16.4. The molecule has 0 radical (unpaired) electrons. The van der Waals surface area contributed by atoms with Crippen molar-refractivity contribution in [2.24, 2.45) is 0 Å². The third-order valence-corrected chi connectivity index (χ3v) is 3.15. The SMILES string of the molecule is CCN1CCN(C(=O)NCC(C)(O)C(=O)O)CC1. The molecule has 18 heavy (non-hydrogen) atoms. The zero-order valence-electron chi connectivity index (χ0n) is 10.8. The van der Waals surface area contributed by atoms with E-state index in [1.807, 2.05) is 0 Å². The Labute approximate surface area is 106 Å². The Morgan fingerprint density at radius 3 is 2.28 bits per heavy atom. The largest absolute Gasteiger partial charge is 0.479 e. The predicted octanol–water partition coefficient (Wildman–Crippen LogP) is -0.831. The molecule has 7 heteroatoms. The molecule has 0 aromatic heterocycles. The first-order valence-corrected chi connectivity index (χ1v) is 6.07. The molecule has 1 fully saturated rings. The summed E-state index contributed by atoms with van der Waals surface area (Å²) in [6.07, 6.45) is 0. The first-order chi connectivity index (χ1) is 8.36. The van der Waals surface area contributed by atoms with Crippen molar-refractivity contribution in [3.05, 3.63) is 0 Å². The van der Waals surface area contributed by atoms with E-state index >= 15 is 0 Å². The lowest BCUT2D eigenvalue weighted by atomic mass is 10.1. The van der Waals surface area contributed by atoms with E-state index < -0.39 is 11.6 Å². The normalized spacial score (nSPS) is 20.3. The molecule has 1 atom stereocenters. The van der Waals surface area contributed by atoms with Crippen molar-refractivity contribution in [2.45, 2.75) is 19.4 Å². The smallest absolute Gasteiger partial charge is 0.337 e. The van der Waals surface area contributed by atoms with Gasteiger partial charge in [0.15, 0.2) is 5.60 Å². The van der Waals surface area contributed by atoms with Gasteiger partial charge >= 0.3 is 12.0 Å². The van der Waals surface area contributed by atoms with Crippen LogP contribution in [0.3, 0.4) is 0 Å². The van der Waals surface area contributed by atoms with Crippen LogP contribution >= 0.6 is 0 Å². The van der Waals surface area contributed by atoms with Gasteiger partial charge in [-0.1, -0.05) is 6.92 Å². The molecule has 1 heterocycles. The van der Waals surface area contributed by atoms with Crippen LogP contribution in [0.5, 0.6) is 0 Å². The topological polar surface area (TPSA) is 93.1 Å². The number of nitrogens with zero attached hydrogens (tertiary/aromatic N) is 2. The lowest BCUT2D eigenvalue weighted by Crippen LogP contribution is -2.54. The molecule has 1 aliphatic rings. The van der Waals surface area contributed by atoms with Crippen LogP contribution in [0.1, 0.15) is 13.8 Å². The van der Waals surface area contributed by atoms with E-state index in [2.05, 4.69) is 17.1 Å². The number of urea groups is 1. The van der Waals surface area contributed by atoms with Gasteiger partial charge < -0.3 is 25.3 Å². The van der Waals surface area contributed by atoms with Crippen LogP contribution in [0.15, 0.2) is 0 Å². The Hall–Kier alpha value is -1.34.